The van der Waals surface area contributed by atoms with Gasteiger partial charge in [-0.2, -0.15) is 0 Å². The van der Waals surface area contributed by atoms with Crippen LogP contribution in [0.3, 0.4) is 0 Å². The molecular weight excluding hydrogens is 642 g/mol. The first-order valence-corrected chi connectivity index (χ1v) is 21.4. The third kappa shape index (κ3) is 26.6. The van der Waals surface area contributed by atoms with Gasteiger partial charge in [0.15, 0.2) is 6.29 Å². The van der Waals surface area contributed by atoms with E-state index in [2.05, 4.69) is 52.2 Å². The number of aliphatic hydroxyl groups is 4. The van der Waals surface area contributed by atoms with Crippen LogP contribution in [0.1, 0.15) is 168 Å². The fourth-order valence-electron chi connectivity index (χ4n) is 6.90. The molecule has 8 nitrogen and oxygen atoms in total. The Kier molecular flexibility index (Phi) is 30.8. The molecule has 1 unspecified atom stereocenters. The molecule has 1 fully saturated rings. The molecule has 1 rings (SSSR count). The summed E-state index contributed by atoms with van der Waals surface area (Å²) >= 11 is 0. The van der Waals surface area contributed by atoms with Crippen molar-refractivity contribution in [1.82, 2.24) is 0 Å². The Morgan fingerprint density at radius 1 is 0.608 bits per heavy atom. The van der Waals surface area contributed by atoms with Crippen LogP contribution in [0.5, 0.6) is 0 Å². The van der Waals surface area contributed by atoms with E-state index in [9.17, 15) is 20.4 Å². The van der Waals surface area contributed by atoms with Crippen molar-refractivity contribution in [2.75, 3.05) is 47.0 Å². The van der Waals surface area contributed by atoms with E-state index in [1.165, 1.54) is 116 Å². The Morgan fingerprint density at radius 2 is 1.10 bits per heavy atom. The number of ether oxygens (including phenoxy) is 3. The van der Waals surface area contributed by atoms with Crippen molar-refractivity contribution in [3.63, 3.8) is 0 Å². The summed E-state index contributed by atoms with van der Waals surface area (Å²) < 4.78 is 18.1. The van der Waals surface area contributed by atoms with E-state index in [1.54, 1.807) is 0 Å². The number of likely N-dealkylation sites (N-methyl/N-ethyl adjacent to an activating group) is 1. The van der Waals surface area contributed by atoms with Gasteiger partial charge in [0.25, 0.3) is 0 Å². The third-order valence-electron chi connectivity index (χ3n) is 10.2. The lowest BCUT2D eigenvalue weighted by Crippen LogP contribution is -2.59. The van der Waals surface area contributed by atoms with Gasteiger partial charge < -0.3 is 39.1 Å². The molecule has 0 aromatic heterocycles. The second-order valence-electron chi connectivity index (χ2n) is 15.9. The van der Waals surface area contributed by atoms with Crippen molar-refractivity contribution >= 4 is 0 Å². The first kappa shape index (κ1) is 48.2. The second-order valence-corrected chi connectivity index (χ2v) is 15.9. The number of unbranched alkanes of at least 4 members (excludes halogenated alkanes) is 20. The number of hydrogen-bond acceptors (Lipinski definition) is 7. The van der Waals surface area contributed by atoms with Crippen LogP contribution in [0, 0.1) is 0 Å². The topological polar surface area (TPSA) is 109 Å². The van der Waals surface area contributed by atoms with Crippen molar-refractivity contribution < 1.29 is 39.1 Å². The van der Waals surface area contributed by atoms with Gasteiger partial charge in [0.1, 0.15) is 37.1 Å². The maximum absolute atomic E-state index is 10.7. The Hall–Kier alpha value is -0.840. The zero-order chi connectivity index (χ0) is 37.4. The molecule has 1 saturated heterocycles. The molecule has 0 radical (unpaired) electrons. The minimum Gasteiger partial charge on any atom is -0.387 e. The van der Waals surface area contributed by atoms with Crippen LogP contribution in [-0.2, 0) is 14.2 Å². The Labute approximate surface area is 314 Å². The molecule has 0 bridgehead atoms. The molecule has 6 atom stereocenters. The molecule has 0 aliphatic carbocycles. The fraction of sp³-hybridized carbons (Fsp3) is 0.907. The van der Waals surface area contributed by atoms with Crippen molar-refractivity contribution in [3.8, 4) is 0 Å². The van der Waals surface area contributed by atoms with Gasteiger partial charge in [-0.3, -0.25) is 0 Å². The van der Waals surface area contributed by atoms with E-state index in [0.29, 0.717) is 13.2 Å². The summed E-state index contributed by atoms with van der Waals surface area (Å²) in [7, 11) is 4.29. The van der Waals surface area contributed by atoms with Crippen LogP contribution in [0.4, 0.5) is 0 Å². The number of nitrogens with zero attached hydrogens (tertiary/aromatic N) is 1. The molecule has 8 heteroatoms. The van der Waals surface area contributed by atoms with Gasteiger partial charge in [-0.15, -0.1) is 0 Å². The zero-order valence-electron chi connectivity index (χ0n) is 33.7. The van der Waals surface area contributed by atoms with E-state index < -0.39 is 36.8 Å². The normalized spacial score (nSPS) is 22.1. The SMILES string of the molecule is CCCCC/C=C\C/C=C\CCCCCCCCO[C@@H]1O[C@H](COCC(O)C[N+](C)(C)CCCCCCCCCCCCCC)[C@@H](O)[C@H](O)[C@H]1O. The molecule has 0 saturated carbocycles. The molecule has 0 aromatic rings. The lowest BCUT2D eigenvalue weighted by atomic mass is 9.99. The summed E-state index contributed by atoms with van der Waals surface area (Å²) in [6, 6.07) is 0. The molecule has 0 aromatic carbocycles. The monoisotopic (exact) mass is 727 g/mol. The molecule has 1 heterocycles. The molecule has 302 valence electrons. The van der Waals surface area contributed by atoms with Gasteiger partial charge in [-0.05, 0) is 51.4 Å². The highest BCUT2D eigenvalue weighted by molar-refractivity contribution is 4.92. The number of allylic oxidation sites excluding steroid dienone is 4. The summed E-state index contributed by atoms with van der Waals surface area (Å²) in [5, 5.41) is 42.0. The van der Waals surface area contributed by atoms with Gasteiger partial charge in [0.2, 0.25) is 0 Å². The number of aliphatic hydroxyl groups excluding tert-OH is 4. The van der Waals surface area contributed by atoms with Crippen LogP contribution in [0.25, 0.3) is 0 Å². The maximum atomic E-state index is 10.7. The van der Waals surface area contributed by atoms with Gasteiger partial charge in [0.05, 0.1) is 33.9 Å². The van der Waals surface area contributed by atoms with Crippen LogP contribution < -0.4 is 0 Å². The summed E-state index contributed by atoms with van der Waals surface area (Å²) in [5.41, 5.74) is 0. The number of quaternary nitrogens is 1. The van der Waals surface area contributed by atoms with Gasteiger partial charge >= 0.3 is 0 Å². The fourth-order valence-corrected chi connectivity index (χ4v) is 6.90. The van der Waals surface area contributed by atoms with Crippen LogP contribution in [0.2, 0.25) is 0 Å². The molecule has 51 heavy (non-hydrogen) atoms. The smallest absolute Gasteiger partial charge is 0.186 e. The first-order valence-electron chi connectivity index (χ1n) is 21.4. The zero-order valence-corrected chi connectivity index (χ0v) is 33.7. The summed E-state index contributed by atoms with van der Waals surface area (Å²) in [5.74, 6) is 0. The minimum atomic E-state index is -1.38. The summed E-state index contributed by atoms with van der Waals surface area (Å²) in [6.45, 7) is 6.62. The number of rotatable bonds is 35. The average Bonchev–Trinajstić information content (AvgIpc) is 3.10. The van der Waals surface area contributed by atoms with Gasteiger partial charge in [-0.1, -0.05) is 141 Å². The van der Waals surface area contributed by atoms with Gasteiger partial charge in [0, 0.05) is 6.61 Å². The van der Waals surface area contributed by atoms with Crippen molar-refractivity contribution in [3.05, 3.63) is 24.3 Å². The second kappa shape index (κ2) is 32.6. The van der Waals surface area contributed by atoms with Crippen LogP contribution in [0.15, 0.2) is 24.3 Å². The predicted molar refractivity (Wildman–Crippen MR) is 212 cm³/mol. The molecule has 1 aliphatic rings. The highest BCUT2D eigenvalue weighted by atomic mass is 16.7. The maximum Gasteiger partial charge on any atom is 0.186 e. The predicted octanol–water partition coefficient (Wildman–Crippen LogP) is 8.78. The molecule has 1 aliphatic heterocycles. The van der Waals surface area contributed by atoms with E-state index in [4.69, 9.17) is 14.2 Å². The van der Waals surface area contributed by atoms with Crippen LogP contribution >= 0.6 is 0 Å². The summed E-state index contributed by atoms with van der Waals surface area (Å²) in [4.78, 5) is 0. The van der Waals surface area contributed by atoms with E-state index in [0.717, 1.165) is 49.6 Å². The third-order valence-corrected chi connectivity index (χ3v) is 10.2. The Morgan fingerprint density at radius 3 is 1.69 bits per heavy atom. The van der Waals surface area contributed by atoms with E-state index in [-0.39, 0.29) is 13.2 Å². The van der Waals surface area contributed by atoms with Gasteiger partial charge in [-0.25, -0.2) is 0 Å². The largest absolute Gasteiger partial charge is 0.387 e. The minimum absolute atomic E-state index is 0.00102. The highest BCUT2D eigenvalue weighted by Gasteiger charge is 2.44. The van der Waals surface area contributed by atoms with Crippen molar-refractivity contribution in [1.29, 1.82) is 0 Å². The molecule has 0 amide bonds. The van der Waals surface area contributed by atoms with Crippen molar-refractivity contribution in [2.24, 2.45) is 0 Å². The lowest BCUT2D eigenvalue weighted by Gasteiger charge is -2.40. The average molecular weight is 727 g/mol. The number of hydrogen-bond donors (Lipinski definition) is 4. The first-order chi connectivity index (χ1) is 24.7. The Balaban J connectivity index is 2.13. The Bertz CT molecular complexity index is 822. The quantitative estimate of drug-likeness (QED) is 0.0294. The molecular formula is C43H84NO7+. The van der Waals surface area contributed by atoms with Crippen molar-refractivity contribution in [2.45, 2.75) is 205 Å². The highest BCUT2D eigenvalue weighted by Crippen LogP contribution is 2.23. The summed E-state index contributed by atoms with van der Waals surface area (Å²) in [6.07, 6.45) is 32.5. The van der Waals surface area contributed by atoms with E-state index >= 15 is 0 Å². The van der Waals surface area contributed by atoms with Crippen LogP contribution in [-0.4, -0.2) is 109 Å². The molecule has 4 N–H and O–H groups in total. The molecule has 0 spiro atoms. The van der Waals surface area contributed by atoms with E-state index in [1.807, 2.05) is 0 Å². The lowest BCUT2D eigenvalue weighted by molar-refractivity contribution is -0.893. The standard InChI is InChI=1S/C43H84NO7/c1-5-7-9-11-13-15-17-19-20-21-22-24-26-28-30-32-34-50-43-42(48)41(47)40(46)39(51-43)37-49-36-38(45)35-44(3,4)33-31-29-27-25-23-18-16-14-12-10-8-6-2/h13,15,19-20,38-43,45-48H,5-12,14,16-18,21-37H2,1-4H3/q+1/b15-13-,20-19-/t38?,39-,40-,41+,42-,43-/m1/s1.